The van der Waals surface area contributed by atoms with Crippen molar-refractivity contribution in [2.45, 2.75) is 6.92 Å². The molecule has 4 rings (SSSR count). The van der Waals surface area contributed by atoms with Gasteiger partial charge in [-0.2, -0.15) is 0 Å². The SMILES string of the molecule is C/C(=C\c1ccccc1)CN(CCN1CCOCC1)C(=O)c1ccc2ccccc2c1. The molecule has 0 radical (unpaired) electrons. The minimum atomic E-state index is 0.0832. The monoisotopic (exact) mass is 414 g/mol. The minimum absolute atomic E-state index is 0.0832. The maximum absolute atomic E-state index is 13.5. The lowest BCUT2D eigenvalue weighted by Crippen LogP contribution is -2.43. The highest BCUT2D eigenvalue weighted by atomic mass is 16.5. The van der Waals surface area contributed by atoms with E-state index in [2.05, 4.69) is 42.2 Å². The van der Waals surface area contributed by atoms with Crippen LogP contribution < -0.4 is 0 Å². The van der Waals surface area contributed by atoms with Gasteiger partial charge in [0, 0.05) is 38.3 Å². The molecule has 1 aliphatic rings. The molecular weight excluding hydrogens is 384 g/mol. The van der Waals surface area contributed by atoms with Gasteiger partial charge in [-0.1, -0.05) is 72.3 Å². The third kappa shape index (κ3) is 5.81. The summed E-state index contributed by atoms with van der Waals surface area (Å²) in [7, 11) is 0. The van der Waals surface area contributed by atoms with Gasteiger partial charge in [0.05, 0.1) is 13.2 Å². The Kier molecular flexibility index (Phi) is 7.13. The van der Waals surface area contributed by atoms with E-state index in [-0.39, 0.29) is 5.91 Å². The second-order valence-corrected chi connectivity index (χ2v) is 8.14. The molecule has 3 aromatic rings. The Morgan fingerprint density at radius 3 is 2.45 bits per heavy atom. The van der Waals surface area contributed by atoms with Gasteiger partial charge in [-0.25, -0.2) is 0 Å². The van der Waals surface area contributed by atoms with Crippen molar-refractivity contribution in [2.24, 2.45) is 0 Å². The van der Waals surface area contributed by atoms with Crippen LogP contribution in [0.4, 0.5) is 0 Å². The Balaban J connectivity index is 1.53. The summed E-state index contributed by atoms with van der Waals surface area (Å²) in [6.45, 7) is 7.67. The molecule has 0 N–H and O–H groups in total. The number of carbonyl (C=O) groups excluding carboxylic acids is 1. The molecule has 1 heterocycles. The van der Waals surface area contributed by atoms with E-state index in [1.165, 1.54) is 5.57 Å². The molecule has 0 bridgehead atoms. The highest BCUT2D eigenvalue weighted by Crippen LogP contribution is 2.18. The lowest BCUT2D eigenvalue weighted by Gasteiger charge is -2.30. The van der Waals surface area contributed by atoms with E-state index < -0.39 is 0 Å². The first-order chi connectivity index (χ1) is 15.2. The van der Waals surface area contributed by atoms with E-state index in [9.17, 15) is 4.79 Å². The topological polar surface area (TPSA) is 32.8 Å². The zero-order valence-electron chi connectivity index (χ0n) is 18.2. The van der Waals surface area contributed by atoms with Crippen molar-refractivity contribution in [3.05, 3.63) is 89.5 Å². The summed E-state index contributed by atoms with van der Waals surface area (Å²) in [5, 5.41) is 2.25. The molecule has 0 spiro atoms. The summed E-state index contributed by atoms with van der Waals surface area (Å²) in [5.74, 6) is 0.0832. The third-order valence-electron chi connectivity index (χ3n) is 5.73. The van der Waals surface area contributed by atoms with Crippen molar-refractivity contribution in [3.8, 4) is 0 Å². The number of amides is 1. The quantitative estimate of drug-likeness (QED) is 0.561. The molecular formula is C27H30N2O2. The molecule has 0 atom stereocenters. The number of ether oxygens (including phenoxy) is 1. The first-order valence-corrected chi connectivity index (χ1v) is 11.0. The maximum Gasteiger partial charge on any atom is 0.254 e. The molecule has 1 aliphatic heterocycles. The van der Waals surface area contributed by atoms with E-state index in [1.54, 1.807) is 0 Å². The van der Waals surface area contributed by atoms with Crippen molar-refractivity contribution in [1.29, 1.82) is 0 Å². The Bertz CT molecular complexity index is 1040. The second kappa shape index (κ2) is 10.4. The number of rotatable bonds is 7. The van der Waals surface area contributed by atoms with Crippen LogP contribution in [0.1, 0.15) is 22.8 Å². The fourth-order valence-corrected chi connectivity index (χ4v) is 4.02. The summed E-state index contributed by atoms with van der Waals surface area (Å²) < 4.78 is 5.46. The zero-order chi connectivity index (χ0) is 21.5. The predicted octanol–water partition coefficient (Wildman–Crippen LogP) is 4.72. The molecule has 160 valence electrons. The fourth-order valence-electron chi connectivity index (χ4n) is 4.02. The molecule has 4 nitrogen and oxygen atoms in total. The summed E-state index contributed by atoms with van der Waals surface area (Å²) in [4.78, 5) is 17.9. The molecule has 1 amide bonds. The smallest absolute Gasteiger partial charge is 0.254 e. The molecule has 4 heteroatoms. The van der Waals surface area contributed by atoms with Gasteiger partial charge in [-0.15, -0.1) is 0 Å². The van der Waals surface area contributed by atoms with Gasteiger partial charge in [0.15, 0.2) is 0 Å². The first-order valence-electron chi connectivity index (χ1n) is 11.0. The number of nitrogens with zero attached hydrogens (tertiary/aromatic N) is 2. The zero-order valence-corrected chi connectivity index (χ0v) is 18.2. The van der Waals surface area contributed by atoms with Crippen LogP contribution >= 0.6 is 0 Å². The van der Waals surface area contributed by atoms with Crippen LogP contribution in [-0.4, -0.2) is 61.6 Å². The average Bonchev–Trinajstić information content (AvgIpc) is 2.82. The Hall–Kier alpha value is -2.95. The van der Waals surface area contributed by atoms with Crippen LogP contribution in [0, 0.1) is 0 Å². The first kappa shape index (κ1) is 21.3. The number of hydrogen-bond acceptors (Lipinski definition) is 3. The van der Waals surface area contributed by atoms with Crippen LogP contribution in [0.25, 0.3) is 16.8 Å². The number of carbonyl (C=O) groups is 1. The molecule has 1 fully saturated rings. The Morgan fingerprint density at radius 1 is 0.968 bits per heavy atom. The summed E-state index contributed by atoms with van der Waals surface area (Å²) >= 11 is 0. The summed E-state index contributed by atoms with van der Waals surface area (Å²) in [6.07, 6.45) is 2.16. The van der Waals surface area contributed by atoms with Gasteiger partial charge in [0.25, 0.3) is 5.91 Å². The summed E-state index contributed by atoms with van der Waals surface area (Å²) in [5.41, 5.74) is 3.07. The maximum atomic E-state index is 13.5. The van der Waals surface area contributed by atoms with Crippen molar-refractivity contribution in [1.82, 2.24) is 9.80 Å². The van der Waals surface area contributed by atoms with Crippen LogP contribution in [0.2, 0.25) is 0 Å². The number of benzene rings is 3. The van der Waals surface area contributed by atoms with E-state index >= 15 is 0 Å². The van der Waals surface area contributed by atoms with Gasteiger partial charge in [-0.3, -0.25) is 9.69 Å². The van der Waals surface area contributed by atoms with Crippen LogP contribution in [0.5, 0.6) is 0 Å². The van der Waals surface area contributed by atoms with Gasteiger partial charge in [0.2, 0.25) is 0 Å². The molecule has 0 unspecified atom stereocenters. The molecule has 3 aromatic carbocycles. The van der Waals surface area contributed by atoms with Crippen molar-refractivity contribution in [2.75, 3.05) is 45.9 Å². The number of fused-ring (bicyclic) bond motifs is 1. The summed E-state index contributed by atoms with van der Waals surface area (Å²) in [6, 6.07) is 24.4. The van der Waals surface area contributed by atoms with E-state index in [0.717, 1.165) is 54.7 Å². The van der Waals surface area contributed by atoms with E-state index in [1.807, 2.05) is 53.4 Å². The van der Waals surface area contributed by atoms with Crippen LogP contribution in [0.3, 0.4) is 0 Å². The molecule has 0 aromatic heterocycles. The molecule has 1 saturated heterocycles. The van der Waals surface area contributed by atoms with Crippen molar-refractivity contribution >= 4 is 22.8 Å². The van der Waals surface area contributed by atoms with Crippen LogP contribution in [0.15, 0.2) is 78.4 Å². The lowest BCUT2D eigenvalue weighted by molar-refractivity contribution is 0.0330. The van der Waals surface area contributed by atoms with Gasteiger partial charge in [0.1, 0.15) is 0 Å². The third-order valence-corrected chi connectivity index (χ3v) is 5.73. The number of hydrogen-bond donors (Lipinski definition) is 0. The molecule has 31 heavy (non-hydrogen) atoms. The molecule has 0 saturated carbocycles. The highest BCUT2D eigenvalue weighted by molar-refractivity contribution is 5.98. The van der Waals surface area contributed by atoms with E-state index in [4.69, 9.17) is 4.74 Å². The standard InChI is InChI=1S/C27H30N2O2/c1-22(19-23-7-3-2-4-8-23)21-29(14-13-28-15-17-31-18-16-28)27(30)26-12-11-24-9-5-6-10-25(24)20-26/h2-12,19-20H,13-18,21H2,1H3/b22-19+. The van der Waals surface area contributed by atoms with Crippen molar-refractivity contribution in [3.63, 3.8) is 0 Å². The normalized spacial score (nSPS) is 15.2. The predicted molar refractivity (Wildman–Crippen MR) is 127 cm³/mol. The van der Waals surface area contributed by atoms with Gasteiger partial charge >= 0.3 is 0 Å². The van der Waals surface area contributed by atoms with E-state index in [0.29, 0.717) is 13.1 Å². The highest BCUT2D eigenvalue weighted by Gasteiger charge is 2.19. The lowest BCUT2D eigenvalue weighted by atomic mass is 10.1. The van der Waals surface area contributed by atoms with Gasteiger partial charge in [-0.05, 0) is 35.4 Å². The second-order valence-electron chi connectivity index (χ2n) is 8.14. The average molecular weight is 415 g/mol. The minimum Gasteiger partial charge on any atom is -0.379 e. The Labute approximate surface area is 184 Å². The largest absolute Gasteiger partial charge is 0.379 e. The Morgan fingerprint density at radius 2 is 1.68 bits per heavy atom. The molecule has 0 aliphatic carbocycles. The van der Waals surface area contributed by atoms with Crippen molar-refractivity contribution < 1.29 is 9.53 Å². The van der Waals surface area contributed by atoms with Gasteiger partial charge < -0.3 is 9.64 Å². The fraction of sp³-hybridized carbons (Fsp3) is 0.296. The van der Waals surface area contributed by atoms with Crippen LogP contribution in [-0.2, 0) is 4.74 Å². The number of morpholine rings is 1.